The second kappa shape index (κ2) is 10.7. The summed E-state index contributed by atoms with van der Waals surface area (Å²) in [5, 5.41) is 42.7. The molecular weight excluding hydrogens is 490 g/mol. The summed E-state index contributed by atoms with van der Waals surface area (Å²) in [5.41, 5.74) is 1.56. The Bertz CT molecular complexity index is 1310. The third-order valence-electron chi connectivity index (χ3n) is 7.65. The van der Waals surface area contributed by atoms with E-state index in [0.29, 0.717) is 44.9 Å². The minimum atomic E-state index is -1.30. The van der Waals surface area contributed by atoms with Gasteiger partial charge in [-0.1, -0.05) is 19.3 Å². The van der Waals surface area contributed by atoms with E-state index >= 15 is 0 Å². The molecule has 204 valence electrons. The lowest BCUT2D eigenvalue weighted by Crippen LogP contribution is -2.42. The number of carbonyl (C=O) groups excluding carboxylic acids is 1. The van der Waals surface area contributed by atoms with E-state index in [4.69, 9.17) is 19.0 Å². The highest BCUT2D eigenvalue weighted by atomic mass is 16.6. The number of carbonyl (C=O) groups is 1. The molecule has 9 nitrogen and oxygen atoms in total. The van der Waals surface area contributed by atoms with Crippen molar-refractivity contribution in [2.45, 2.75) is 76.0 Å². The molecule has 38 heavy (non-hydrogen) atoms. The van der Waals surface area contributed by atoms with E-state index in [2.05, 4.69) is 5.32 Å². The van der Waals surface area contributed by atoms with Crippen molar-refractivity contribution in [3.05, 3.63) is 58.8 Å². The molecule has 2 aliphatic carbocycles. The molecule has 1 unspecified atom stereocenters. The van der Waals surface area contributed by atoms with Crippen molar-refractivity contribution in [2.24, 2.45) is 0 Å². The standard InChI is InChI=1S/C29H35NO8/c1-29(2)21-12-17(36-15-23(33)22(32)14-31)8-10-19(21)26(34)25-20-11-9-18(13-24(20)38-27(25)29)37-28(35)30-16-6-4-3-5-7-16/h8-13,16,22-23,28,30-33,35H,3-7,14-15H2,1-2H3/t22?,23-,28+/m1/s1. The molecule has 9 heteroatoms. The molecule has 0 amide bonds. The van der Waals surface area contributed by atoms with Crippen LogP contribution in [0, 0.1) is 0 Å². The molecule has 5 rings (SSSR count). The third-order valence-corrected chi connectivity index (χ3v) is 7.65. The lowest BCUT2D eigenvalue weighted by molar-refractivity contribution is -0.0546. The Kier molecular flexibility index (Phi) is 7.48. The van der Waals surface area contributed by atoms with Crippen molar-refractivity contribution in [3.8, 4) is 11.5 Å². The van der Waals surface area contributed by atoms with Crippen LogP contribution in [0.2, 0.25) is 0 Å². The van der Waals surface area contributed by atoms with Crippen molar-refractivity contribution in [1.29, 1.82) is 0 Å². The average Bonchev–Trinajstić information content (AvgIpc) is 3.30. The van der Waals surface area contributed by atoms with Crippen LogP contribution >= 0.6 is 0 Å². The monoisotopic (exact) mass is 525 g/mol. The molecule has 5 N–H and O–H groups in total. The van der Waals surface area contributed by atoms with E-state index in [1.54, 1.807) is 36.4 Å². The van der Waals surface area contributed by atoms with Gasteiger partial charge in [0.2, 0.25) is 0 Å². The molecule has 1 fully saturated rings. The zero-order valence-electron chi connectivity index (χ0n) is 21.6. The quantitative estimate of drug-likeness (QED) is 0.267. The normalized spacial score (nSPS) is 19.5. The Morgan fingerprint density at radius 2 is 1.76 bits per heavy atom. The van der Waals surface area contributed by atoms with Crippen LogP contribution in [0.4, 0.5) is 0 Å². The molecule has 1 aromatic heterocycles. The topological polar surface area (TPSA) is 142 Å². The van der Waals surface area contributed by atoms with Crippen LogP contribution in [0.5, 0.6) is 11.5 Å². The number of rotatable bonds is 9. The van der Waals surface area contributed by atoms with E-state index < -0.39 is 30.6 Å². The van der Waals surface area contributed by atoms with Gasteiger partial charge in [-0.2, -0.15) is 0 Å². The van der Waals surface area contributed by atoms with Gasteiger partial charge in [0, 0.05) is 28.5 Å². The summed E-state index contributed by atoms with van der Waals surface area (Å²) in [6.45, 7) is 3.13. The van der Waals surface area contributed by atoms with Gasteiger partial charge in [0.05, 0.1) is 12.2 Å². The summed E-state index contributed by atoms with van der Waals surface area (Å²) in [7, 11) is 0. The fourth-order valence-electron chi connectivity index (χ4n) is 5.45. The Hall–Kier alpha value is -2.95. The highest BCUT2D eigenvalue weighted by Crippen LogP contribution is 2.46. The van der Waals surface area contributed by atoms with Crippen molar-refractivity contribution >= 4 is 16.8 Å². The molecule has 3 atom stereocenters. The number of ketones is 1. The van der Waals surface area contributed by atoms with Crippen LogP contribution in [-0.4, -0.2) is 64.1 Å². The molecule has 0 saturated heterocycles. The molecule has 0 aliphatic heterocycles. The summed E-state index contributed by atoms with van der Waals surface area (Å²) < 4.78 is 17.6. The first-order valence-corrected chi connectivity index (χ1v) is 13.2. The second-order valence-electron chi connectivity index (χ2n) is 10.7. The van der Waals surface area contributed by atoms with E-state index in [9.17, 15) is 20.1 Å². The van der Waals surface area contributed by atoms with Crippen molar-refractivity contribution in [3.63, 3.8) is 0 Å². The van der Waals surface area contributed by atoms with E-state index in [0.717, 1.165) is 25.7 Å². The van der Waals surface area contributed by atoms with Crippen LogP contribution in [-0.2, 0) is 5.41 Å². The first-order chi connectivity index (χ1) is 18.2. The third kappa shape index (κ3) is 5.04. The number of hydrogen-bond acceptors (Lipinski definition) is 9. The lowest BCUT2D eigenvalue weighted by atomic mass is 9.71. The minimum absolute atomic E-state index is 0.164. The number of furan rings is 1. The van der Waals surface area contributed by atoms with E-state index in [-0.39, 0.29) is 18.4 Å². The van der Waals surface area contributed by atoms with Crippen molar-refractivity contribution in [2.75, 3.05) is 13.2 Å². The van der Waals surface area contributed by atoms with Crippen molar-refractivity contribution in [1.82, 2.24) is 5.32 Å². The highest BCUT2D eigenvalue weighted by molar-refractivity contribution is 6.19. The molecule has 0 spiro atoms. The molecule has 1 heterocycles. The summed E-state index contributed by atoms with van der Waals surface area (Å²) in [5.74, 6) is 1.21. The molecule has 3 aromatic rings. The van der Waals surface area contributed by atoms with Crippen LogP contribution in [0.15, 0.2) is 40.8 Å². The molecule has 2 aromatic carbocycles. The van der Waals surface area contributed by atoms with Gasteiger partial charge in [-0.15, -0.1) is 0 Å². The fourth-order valence-corrected chi connectivity index (χ4v) is 5.45. The lowest BCUT2D eigenvalue weighted by Gasteiger charge is -2.31. The van der Waals surface area contributed by atoms with Crippen LogP contribution in [0.1, 0.15) is 73.2 Å². The number of hydrogen-bond donors (Lipinski definition) is 5. The number of aliphatic hydroxyl groups is 4. The number of aliphatic hydroxyl groups excluding tert-OH is 4. The van der Waals surface area contributed by atoms with Gasteiger partial charge >= 0.3 is 0 Å². The molecule has 0 bridgehead atoms. The van der Waals surface area contributed by atoms with Crippen LogP contribution in [0.25, 0.3) is 11.0 Å². The Balaban J connectivity index is 1.39. The highest BCUT2D eigenvalue weighted by Gasteiger charge is 2.42. The summed E-state index contributed by atoms with van der Waals surface area (Å²) in [6.07, 6.45) is 1.84. The van der Waals surface area contributed by atoms with Crippen LogP contribution < -0.4 is 14.8 Å². The predicted octanol–water partition coefficient (Wildman–Crippen LogP) is 2.97. The summed E-state index contributed by atoms with van der Waals surface area (Å²) in [4.78, 5) is 13.6. The molecule has 0 radical (unpaired) electrons. The molecule has 1 saturated carbocycles. The van der Waals surface area contributed by atoms with E-state index in [1.165, 1.54) is 6.42 Å². The average molecular weight is 526 g/mol. The Morgan fingerprint density at radius 3 is 2.50 bits per heavy atom. The Morgan fingerprint density at radius 1 is 1.03 bits per heavy atom. The Labute approximate surface area is 221 Å². The largest absolute Gasteiger partial charge is 0.491 e. The number of ether oxygens (including phenoxy) is 2. The second-order valence-corrected chi connectivity index (χ2v) is 10.7. The minimum Gasteiger partial charge on any atom is -0.491 e. The van der Waals surface area contributed by atoms with Gasteiger partial charge in [0.15, 0.2) is 5.78 Å². The number of benzene rings is 2. The van der Waals surface area contributed by atoms with Gasteiger partial charge in [-0.05, 0) is 62.6 Å². The SMILES string of the molecule is CC1(C)c2cc(OC[C@@H](O)C(O)CO)ccc2C(=O)c2c1oc1cc(O[C@H](O)NC3CCCCC3)ccc21. The maximum absolute atomic E-state index is 13.6. The maximum Gasteiger partial charge on any atom is 0.257 e. The van der Waals surface area contributed by atoms with Gasteiger partial charge < -0.3 is 34.3 Å². The summed E-state index contributed by atoms with van der Waals surface area (Å²) >= 11 is 0. The summed E-state index contributed by atoms with van der Waals surface area (Å²) in [6, 6.07) is 10.5. The molecular formula is C29H35NO8. The first-order valence-electron chi connectivity index (χ1n) is 13.2. The van der Waals surface area contributed by atoms with Gasteiger partial charge in [0.1, 0.15) is 41.7 Å². The number of nitrogens with one attached hydrogen (secondary N) is 1. The van der Waals surface area contributed by atoms with Gasteiger partial charge in [-0.3, -0.25) is 10.1 Å². The predicted molar refractivity (Wildman–Crippen MR) is 139 cm³/mol. The smallest absolute Gasteiger partial charge is 0.257 e. The van der Waals surface area contributed by atoms with E-state index in [1.807, 2.05) is 13.8 Å². The zero-order valence-corrected chi connectivity index (χ0v) is 21.6. The number of fused-ring (bicyclic) bond motifs is 4. The van der Waals surface area contributed by atoms with Crippen molar-refractivity contribution < 1.29 is 39.1 Å². The zero-order chi connectivity index (χ0) is 27.0. The first kappa shape index (κ1) is 26.6. The van der Waals surface area contributed by atoms with Gasteiger partial charge in [-0.25, -0.2) is 0 Å². The molecule has 2 aliphatic rings. The van der Waals surface area contributed by atoms with Gasteiger partial charge in [0.25, 0.3) is 6.41 Å². The fraction of sp³-hybridized carbons (Fsp3) is 0.483. The van der Waals surface area contributed by atoms with Crippen LogP contribution in [0.3, 0.4) is 0 Å². The maximum atomic E-state index is 13.6.